The average molecular weight is 369 g/mol. The van der Waals surface area contributed by atoms with Crippen LogP contribution in [-0.2, 0) is 16.1 Å². The second kappa shape index (κ2) is 10.2. The maximum Gasteiger partial charge on any atom is 0.245 e. The van der Waals surface area contributed by atoms with E-state index >= 15 is 0 Å². The number of Topliss-reactive ketones (excluding diaryl/α,β-unsaturated/α-hetero) is 1. The predicted octanol–water partition coefficient (Wildman–Crippen LogP) is 1.58. The zero-order valence-electron chi connectivity index (χ0n) is 15.5. The first-order valence-corrected chi connectivity index (χ1v) is 8.75. The lowest BCUT2D eigenvalue weighted by molar-refractivity contribution is -0.122. The van der Waals surface area contributed by atoms with E-state index in [4.69, 9.17) is 4.74 Å². The number of hydrogen-bond donors (Lipinski definition) is 1. The van der Waals surface area contributed by atoms with Crippen molar-refractivity contribution in [1.29, 1.82) is 5.26 Å². The van der Waals surface area contributed by atoms with E-state index in [2.05, 4.69) is 15.4 Å². The average Bonchev–Trinajstić information content (AvgIpc) is 3.15. The number of nitrogens with one attached hydrogen (secondary N) is 1. The van der Waals surface area contributed by atoms with E-state index in [1.165, 1.54) is 6.33 Å². The van der Waals surface area contributed by atoms with Crippen LogP contribution in [0.25, 0.3) is 0 Å². The van der Waals surface area contributed by atoms with Crippen LogP contribution in [0.4, 0.5) is 0 Å². The highest BCUT2D eigenvalue weighted by Crippen LogP contribution is 2.12. The zero-order valence-corrected chi connectivity index (χ0v) is 15.5. The van der Waals surface area contributed by atoms with Gasteiger partial charge in [-0.25, -0.2) is 9.67 Å². The fraction of sp³-hybridized carbons (Fsp3) is 0.421. The third kappa shape index (κ3) is 6.31. The lowest BCUT2D eigenvalue weighted by atomic mass is 9.97. The topological polar surface area (TPSA) is 110 Å². The molecule has 0 aliphatic rings. The molecule has 1 heterocycles. The van der Waals surface area contributed by atoms with Gasteiger partial charge in [-0.1, -0.05) is 24.3 Å². The van der Waals surface area contributed by atoms with E-state index in [9.17, 15) is 14.9 Å². The number of nitriles is 1. The van der Waals surface area contributed by atoms with Gasteiger partial charge in [0.05, 0.1) is 18.7 Å². The van der Waals surface area contributed by atoms with Crippen LogP contribution >= 0.6 is 0 Å². The van der Waals surface area contributed by atoms with Crippen LogP contribution in [0, 0.1) is 17.2 Å². The smallest absolute Gasteiger partial charge is 0.245 e. The summed E-state index contributed by atoms with van der Waals surface area (Å²) >= 11 is 0. The van der Waals surface area contributed by atoms with Crippen molar-refractivity contribution in [2.75, 3.05) is 13.2 Å². The quantitative estimate of drug-likeness (QED) is 0.387. The van der Waals surface area contributed by atoms with E-state index in [1.54, 1.807) is 41.3 Å². The molecule has 142 valence electrons. The number of amides is 1. The molecule has 0 saturated heterocycles. The second-order valence-corrected chi connectivity index (χ2v) is 6.28. The van der Waals surface area contributed by atoms with Crippen molar-refractivity contribution in [3.8, 4) is 6.07 Å². The number of carbonyl (C=O) groups excluding carboxylic acids is 2. The summed E-state index contributed by atoms with van der Waals surface area (Å²) in [4.78, 5) is 28.5. The molecule has 1 amide bonds. The van der Waals surface area contributed by atoms with E-state index in [0.29, 0.717) is 31.7 Å². The largest absolute Gasteiger partial charge is 0.379 e. The van der Waals surface area contributed by atoms with Crippen LogP contribution in [0.5, 0.6) is 0 Å². The van der Waals surface area contributed by atoms with Gasteiger partial charge in [0.1, 0.15) is 12.7 Å². The number of ketones is 1. The molecule has 27 heavy (non-hydrogen) atoms. The molecular weight excluding hydrogens is 346 g/mol. The Morgan fingerprint density at radius 3 is 2.63 bits per heavy atom. The molecular formula is C19H23N5O3. The first-order valence-electron chi connectivity index (χ1n) is 8.75. The summed E-state index contributed by atoms with van der Waals surface area (Å²) in [6.45, 7) is 5.25. The Morgan fingerprint density at radius 2 is 2.04 bits per heavy atom. The van der Waals surface area contributed by atoms with Crippen molar-refractivity contribution in [3.63, 3.8) is 0 Å². The number of rotatable bonds is 10. The predicted molar refractivity (Wildman–Crippen MR) is 97.7 cm³/mol. The van der Waals surface area contributed by atoms with Gasteiger partial charge in [-0.2, -0.15) is 10.4 Å². The summed E-state index contributed by atoms with van der Waals surface area (Å²) in [7, 11) is 0. The molecule has 0 saturated carbocycles. The number of hydrogen-bond acceptors (Lipinski definition) is 6. The van der Waals surface area contributed by atoms with Gasteiger partial charge < -0.3 is 10.1 Å². The fourth-order valence-corrected chi connectivity index (χ4v) is 2.38. The molecule has 0 bridgehead atoms. The monoisotopic (exact) mass is 369 g/mol. The summed E-state index contributed by atoms with van der Waals surface area (Å²) in [6.07, 6.45) is 3.79. The van der Waals surface area contributed by atoms with Crippen molar-refractivity contribution in [3.05, 3.63) is 48.0 Å². The maximum atomic E-state index is 12.5. The zero-order chi connectivity index (χ0) is 19.6. The summed E-state index contributed by atoms with van der Waals surface area (Å²) in [5.41, 5.74) is 1.25. The number of benzene rings is 1. The summed E-state index contributed by atoms with van der Waals surface area (Å²) < 4.78 is 7.04. The first kappa shape index (κ1) is 20.3. The molecule has 2 aromatic rings. The summed E-state index contributed by atoms with van der Waals surface area (Å²) in [6, 6.07) is 8.56. The van der Waals surface area contributed by atoms with Gasteiger partial charge in [0.2, 0.25) is 5.91 Å². The molecule has 0 aliphatic heterocycles. The van der Waals surface area contributed by atoms with Crippen LogP contribution in [0.2, 0.25) is 0 Å². The van der Waals surface area contributed by atoms with Crippen LogP contribution in [0.3, 0.4) is 0 Å². The highest BCUT2D eigenvalue weighted by Gasteiger charge is 2.27. The molecule has 1 N–H and O–H groups in total. The summed E-state index contributed by atoms with van der Waals surface area (Å²) in [5, 5.41) is 15.9. The molecule has 2 rings (SSSR count). The van der Waals surface area contributed by atoms with Gasteiger partial charge in [-0.15, -0.1) is 0 Å². The van der Waals surface area contributed by atoms with Gasteiger partial charge in [-0.3, -0.25) is 9.59 Å². The highest BCUT2D eigenvalue weighted by atomic mass is 16.5. The normalized spacial score (nSPS) is 11.8. The SMILES string of the molecule is CC(C)OCCCNC(=O)C(C#N)C(=O)c1ccc(Cn2cncn2)cc1. The molecule has 0 aliphatic carbocycles. The minimum Gasteiger partial charge on any atom is -0.379 e. The molecule has 0 fully saturated rings. The van der Waals surface area contributed by atoms with Crippen LogP contribution in [0.1, 0.15) is 36.2 Å². The molecule has 8 heteroatoms. The van der Waals surface area contributed by atoms with E-state index < -0.39 is 17.6 Å². The van der Waals surface area contributed by atoms with E-state index in [0.717, 1.165) is 5.56 Å². The Kier molecular flexibility index (Phi) is 7.64. The van der Waals surface area contributed by atoms with Crippen molar-refractivity contribution >= 4 is 11.7 Å². The van der Waals surface area contributed by atoms with Crippen molar-refractivity contribution in [2.45, 2.75) is 32.9 Å². The van der Waals surface area contributed by atoms with Gasteiger partial charge in [0, 0.05) is 18.7 Å². The van der Waals surface area contributed by atoms with Crippen LogP contribution < -0.4 is 5.32 Å². The lowest BCUT2D eigenvalue weighted by Crippen LogP contribution is -2.35. The van der Waals surface area contributed by atoms with Gasteiger partial charge in [-0.05, 0) is 25.8 Å². The van der Waals surface area contributed by atoms with E-state index in [1.807, 2.05) is 13.8 Å². The number of aromatic nitrogens is 3. The number of ether oxygens (including phenoxy) is 1. The molecule has 0 spiro atoms. The Morgan fingerprint density at radius 1 is 1.30 bits per heavy atom. The minimum absolute atomic E-state index is 0.127. The Bertz CT molecular complexity index is 779. The maximum absolute atomic E-state index is 12.5. The van der Waals surface area contributed by atoms with Crippen molar-refractivity contribution in [1.82, 2.24) is 20.1 Å². The van der Waals surface area contributed by atoms with Gasteiger partial charge in [0.15, 0.2) is 11.7 Å². The standard InChI is InChI=1S/C19H23N5O3/c1-14(2)27-9-3-8-22-19(26)17(10-20)18(25)16-6-4-15(5-7-16)11-24-13-21-12-23-24/h4-7,12-14,17H,3,8-9,11H2,1-2H3,(H,22,26). The third-order valence-electron chi connectivity index (χ3n) is 3.77. The summed E-state index contributed by atoms with van der Waals surface area (Å²) in [5.74, 6) is -2.46. The fourth-order valence-electron chi connectivity index (χ4n) is 2.38. The first-order chi connectivity index (χ1) is 13.0. The van der Waals surface area contributed by atoms with Crippen LogP contribution in [0.15, 0.2) is 36.9 Å². The lowest BCUT2D eigenvalue weighted by Gasteiger charge is -2.11. The third-order valence-corrected chi connectivity index (χ3v) is 3.77. The minimum atomic E-state index is -1.36. The number of nitrogens with zero attached hydrogens (tertiary/aromatic N) is 4. The molecule has 1 aromatic carbocycles. The van der Waals surface area contributed by atoms with Crippen molar-refractivity contribution < 1.29 is 14.3 Å². The van der Waals surface area contributed by atoms with Crippen LogP contribution in [-0.4, -0.2) is 45.7 Å². The Hall–Kier alpha value is -3.05. The van der Waals surface area contributed by atoms with Gasteiger partial charge >= 0.3 is 0 Å². The second-order valence-electron chi connectivity index (χ2n) is 6.28. The highest BCUT2D eigenvalue weighted by molar-refractivity contribution is 6.12. The van der Waals surface area contributed by atoms with Gasteiger partial charge in [0.25, 0.3) is 0 Å². The Labute approximate surface area is 158 Å². The molecule has 1 unspecified atom stereocenters. The van der Waals surface area contributed by atoms with E-state index in [-0.39, 0.29) is 6.10 Å². The molecule has 0 radical (unpaired) electrons. The molecule has 1 aromatic heterocycles. The number of carbonyl (C=O) groups is 2. The molecule has 8 nitrogen and oxygen atoms in total. The van der Waals surface area contributed by atoms with Crippen molar-refractivity contribution in [2.24, 2.45) is 5.92 Å². The Balaban J connectivity index is 1.89. The molecule has 1 atom stereocenters.